The molecule has 1 aromatic heterocycles. The van der Waals surface area contributed by atoms with Gasteiger partial charge in [-0.25, -0.2) is 4.98 Å². The molecule has 1 aromatic carbocycles. The van der Waals surface area contributed by atoms with Gasteiger partial charge < -0.3 is 10.3 Å². The van der Waals surface area contributed by atoms with E-state index in [2.05, 4.69) is 27.4 Å². The van der Waals surface area contributed by atoms with Crippen LogP contribution in [0.1, 0.15) is 23.6 Å². The molecule has 0 saturated heterocycles. The van der Waals surface area contributed by atoms with Gasteiger partial charge in [-0.3, -0.25) is 4.79 Å². The van der Waals surface area contributed by atoms with Crippen molar-refractivity contribution in [3.05, 3.63) is 54.1 Å². The van der Waals surface area contributed by atoms with E-state index in [4.69, 9.17) is 0 Å². The molecule has 4 heteroatoms. The molecule has 1 aliphatic carbocycles. The molecule has 1 amide bonds. The SMILES string of the molecule is O=C(NCCc1ccccc1)C1C[C@H]1c1cnc[nH]1. The van der Waals surface area contributed by atoms with Crippen molar-refractivity contribution in [1.29, 1.82) is 0 Å². The maximum atomic E-state index is 12.0. The Kier molecular flexibility index (Phi) is 3.31. The fourth-order valence-corrected chi connectivity index (χ4v) is 2.40. The van der Waals surface area contributed by atoms with E-state index in [0.717, 1.165) is 18.5 Å². The summed E-state index contributed by atoms with van der Waals surface area (Å²) in [6.45, 7) is 0.703. The van der Waals surface area contributed by atoms with E-state index in [1.807, 2.05) is 24.4 Å². The molecule has 3 rings (SSSR count). The quantitative estimate of drug-likeness (QED) is 0.857. The van der Waals surface area contributed by atoms with E-state index in [9.17, 15) is 4.79 Å². The minimum absolute atomic E-state index is 0.122. The minimum atomic E-state index is 0.122. The zero-order chi connectivity index (χ0) is 13.1. The molecule has 0 bridgehead atoms. The standard InChI is InChI=1S/C15H17N3O/c19-15(13-8-12(13)14-9-16-10-18-14)17-7-6-11-4-2-1-3-5-11/h1-5,9-10,12-13H,6-8H2,(H,16,18)(H,17,19)/t12-,13?/m1/s1. The van der Waals surface area contributed by atoms with Crippen molar-refractivity contribution in [2.24, 2.45) is 5.92 Å². The van der Waals surface area contributed by atoms with Crippen molar-refractivity contribution in [3.8, 4) is 0 Å². The van der Waals surface area contributed by atoms with Crippen molar-refractivity contribution in [2.75, 3.05) is 6.54 Å². The van der Waals surface area contributed by atoms with E-state index in [1.54, 1.807) is 6.33 Å². The second kappa shape index (κ2) is 5.26. The molecule has 1 unspecified atom stereocenters. The van der Waals surface area contributed by atoms with Crippen molar-refractivity contribution in [1.82, 2.24) is 15.3 Å². The molecule has 1 heterocycles. The van der Waals surface area contributed by atoms with Crippen LogP contribution >= 0.6 is 0 Å². The Morgan fingerprint density at radius 3 is 2.95 bits per heavy atom. The van der Waals surface area contributed by atoms with Gasteiger partial charge in [0.15, 0.2) is 0 Å². The van der Waals surface area contributed by atoms with Crippen LogP contribution in [0.2, 0.25) is 0 Å². The van der Waals surface area contributed by atoms with E-state index in [0.29, 0.717) is 12.5 Å². The molecule has 1 fully saturated rings. The summed E-state index contributed by atoms with van der Waals surface area (Å²) in [5, 5.41) is 3.01. The number of amides is 1. The molecule has 98 valence electrons. The fraction of sp³-hybridized carbons (Fsp3) is 0.333. The summed E-state index contributed by atoms with van der Waals surface area (Å²) in [5.74, 6) is 0.617. The second-order valence-corrected chi connectivity index (χ2v) is 4.98. The van der Waals surface area contributed by atoms with Gasteiger partial charge in [-0.05, 0) is 18.4 Å². The van der Waals surface area contributed by atoms with Gasteiger partial charge in [0, 0.05) is 30.3 Å². The summed E-state index contributed by atoms with van der Waals surface area (Å²) in [6, 6.07) is 10.2. The predicted molar refractivity (Wildman–Crippen MR) is 72.6 cm³/mol. The number of carbonyl (C=O) groups excluding carboxylic acids is 1. The molecule has 19 heavy (non-hydrogen) atoms. The second-order valence-electron chi connectivity index (χ2n) is 4.98. The van der Waals surface area contributed by atoms with Crippen LogP contribution in [-0.4, -0.2) is 22.4 Å². The number of benzene rings is 1. The molecule has 2 aromatic rings. The highest BCUT2D eigenvalue weighted by Crippen LogP contribution is 2.46. The van der Waals surface area contributed by atoms with Gasteiger partial charge in [-0.2, -0.15) is 0 Å². The lowest BCUT2D eigenvalue weighted by atomic mass is 10.1. The van der Waals surface area contributed by atoms with Gasteiger partial charge in [-0.1, -0.05) is 30.3 Å². The van der Waals surface area contributed by atoms with Crippen molar-refractivity contribution in [2.45, 2.75) is 18.8 Å². The lowest BCUT2D eigenvalue weighted by Crippen LogP contribution is -2.27. The summed E-state index contributed by atoms with van der Waals surface area (Å²) in [4.78, 5) is 19.0. The van der Waals surface area contributed by atoms with Crippen LogP contribution in [0.3, 0.4) is 0 Å². The summed E-state index contributed by atoms with van der Waals surface area (Å²) < 4.78 is 0. The third-order valence-electron chi connectivity index (χ3n) is 3.60. The first-order chi connectivity index (χ1) is 9.34. The summed E-state index contributed by atoms with van der Waals surface area (Å²) in [5.41, 5.74) is 2.33. The third kappa shape index (κ3) is 2.84. The fourth-order valence-electron chi connectivity index (χ4n) is 2.40. The first-order valence-electron chi connectivity index (χ1n) is 6.64. The molecule has 0 aliphatic heterocycles. The summed E-state index contributed by atoms with van der Waals surface area (Å²) in [6.07, 6.45) is 5.29. The lowest BCUT2D eigenvalue weighted by molar-refractivity contribution is -0.122. The average molecular weight is 255 g/mol. The highest BCUT2D eigenvalue weighted by molar-refractivity contribution is 5.82. The number of nitrogens with zero attached hydrogens (tertiary/aromatic N) is 1. The molecule has 0 spiro atoms. The number of H-pyrrole nitrogens is 1. The number of aromatic nitrogens is 2. The average Bonchev–Trinajstić information content (AvgIpc) is 3.06. The van der Waals surface area contributed by atoms with Crippen LogP contribution in [0.25, 0.3) is 0 Å². The maximum Gasteiger partial charge on any atom is 0.223 e. The Bertz CT molecular complexity index is 536. The van der Waals surface area contributed by atoms with Crippen molar-refractivity contribution < 1.29 is 4.79 Å². The third-order valence-corrected chi connectivity index (χ3v) is 3.60. The van der Waals surface area contributed by atoms with Crippen molar-refractivity contribution >= 4 is 5.91 Å². The monoisotopic (exact) mass is 255 g/mol. The topological polar surface area (TPSA) is 57.8 Å². The van der Waals surface area contributed by atoms with Crippen LogP contribution in [0, 0.1) is 5.92 Å². The molecular formula is C15H17N3O. The van der Waals surface area contributed by atoms with Gasteiger partial charge in [-0.15, -0.1) is 0 Å². The summed E-state index contributed by atoms with van der Waals surface area (Å²) >= 11 is 0. The largest absolute Gasteiger partial charge is 0.356 e. The van der Waals surface area contributed by atoms with E-state index >= 15 is 0 Å². The number of aromatic amines is 1. The van der Waals surface area contributed by atoms with Crippen LogP contribution in [-0.2, 0) is 11.2 Å². The Balaban J connectivity index is 1.43. The molecule has 1 saturated carbocycles. The number of imidazole rings is 1. The first-order valence-corrected chi connectivity index (χ1v) is 6.64. The van der Waals surface area contributed by atoms with Crippen LogP contribution < -0.4 is 5.32 Å². The Morgan fingerprint density at radius 1 is 1.37 bits per heavy atom. The normalized spacial score (nSPS) is 21.1. The maximum absolute atomic E-state index is 12.0. The Morgan fingerprint density at radius 2 is 2.21 bits per heavy atom. The highest BCUT2D eigenvalue weighted by atomic mass is 16.2. The van der Waals surface area contributed by atoms with E-state index in [-0.39, 0.29) is 11.8 Å². The molecule has 0 radical (unpaired) electrons. The van der Waals surface area contributed by atoms with Gasteiger partial charge in [0.05, 0.1) is 6.33 Å². The predicted octanol–water partition coefficient (Wildman–Crippen LogP) is 1.87. The van der Waals surface area contributed by atoms with E-state index in [1.165, 1.54) is 5.56 Å². The van der Waals surface area contributed by atoms with Crippen LogP contribution in [0.4, 0.5) is 0 Å². The number of hydrogen-bond donors (Lipinski definition) is 2. The Labute approximate surface area is 112 Å². The van der Waals surface area contributed by atoms with Gasteiger partial charge >= 0.3 is 0 Å². The van der Waals surface area contributed by atoms with Gasteiger partial charge in [0.1, 0.15) is 0 Å². The lowest BCUT2D eigenvalue weighted by Gasteiger charge is -2.04. The number of nitrogens with one attached hydrogen (secondary N) is 2. The zero-order valence-corrected chi connectivity index (χ0v) is 10.7. The highest BCUT2D eigenvalue weighted by Gasteiger charge is 2.44. The van der Waals surface area contributed by atoms with Crippen LogP contribution in [0.5, 0.6) is 0 Å². The smallest absolute Gasteiger partial charge is 0.223 e. The van der Waals surface area contributed by atoms with E-state index < -0.39 is 0 Å². The molecule has 2 N–H and O–H groups in total. The molecule has 4 nitrogen and oxygen atoms in total. The molecule has 2 atom stereocenters. The van der Waals surface area contributed by atoms with Crippen LogP contribution in [0.15, 0.2) is 42.9 Å². The Hall–Kier alpha value is -2.10. The molecule has 1 aliphatic rings. The summed E-state index contributed by atoms with van der Waals surface area (Å²) in [7, 11) is 0. The van der Waals surface area contributed by atoms with Crippen molar-refractivity contribution in [3.63, 3.8) is 0 Å². The van der Waals surface area contributed by atoms with Gasteiger partial charge in [0.2, 0.25) is 5.91 Å². The zero-order valence-electron chi connectivity index (χ0n) is 10.7. The van der Waals surface area contributed by atoms with Gasteiger partial charge in [0.25, 0.3) is 0 Å². The minimum Gasteiger partial charge on any atom is -0.356 e. The number of rotatable bonds is 5. The molecular weight excluding hydrogens is 238 g/mol. The first kappa shape index (κ1) is 12.0. The number of hydrogen-bond acceptors (Lipinski definition) is 2. The number of carbonyl (C=O) groups is 1.